The summed E-state index contributed by atoms with van der Waals surface area (Å²) in [5.74, 6) is 0. The van der Waals surface area contributed by atoms with E-state index in [2.05, 4.69) is 15.8 Å². The van der Waals surface area contributed by atoms with Gasteiger partial charge in [0.1, 0.15) is 0 Å². The van der Waals surface area contributed by atoms with Crippen LogP contribution in [-0.4, -0.2) is 17.9 Å². The maximum atomic E-state index is 4.93. The summed E-state index contributed by atoms with van der Waals surface area (Å²) in [6.45, 7) is 2.78. The van der Waals surface area contributed by atoms with Crippen molar-refractivity contribution in [3.8, 4) is 0 Å². The highest BCUT2D eigenvalue weighted by Crippen LogP contribution is 1.92. The van der Waals surface area contributed by atoms with E-state index < -0.39 is 0 Å². The molecule has 0 aliphatic carbocycles. The van der Waals surface area contributed by atoms with Gasteiger partial charge in [-0.05, 0) is 24.7 Å². The number of thiocarbonyl (C=S) groups is 1. The van der Waals surface area contributed by atoms with Gasteiger partial charge in [0.2, 0.25) is 0 Å². The molecule has 3 nitrogen and oxygen atoms in total. The molecule has 14 heavy (non-hydrogen) atoms. The van der Waals surface area contributed by atoms with Gasteiger partial charge < -0.3 is 5.32 Å². The zero-order valence-electron chi connectivity index (χ0n) is 8.03. The minimum atomic E-state index is 0.541. The molecule has 1 aromatic rings. The van der Waals surface area contributed by atoms with Crippen LogP contribution < -0.4 is 10.7 Å². The van der Waals surface area contributed by atoms with Gasteiger partial charge in [0.25, 0.3) is 0 Å². The topological polar surface area (TPSA) is 36.4 Å². The van der Waals surface area contributed by atoms with Crippen LogP contribution in [0.15, 0.2) is 35.4 Å². The Morgan fingerprint density at radius 1 is 1.43 bits per heavy atom. The number of benzene rings is 1. The van der Waals surface area contributed by atoms with Gasteiger partial charge in [-0.2, -0.15) is 5.10 Å². The van der Waals surface area contributed by atoms with Crippen molar-refractivity contribution < 1.29 is 0 Å². The van der Waals surface area contributed by atoms with Crippen molar-refractivity contribution in [3.63, 3.8) is 0 Å². The summed E-state index contributed by atoms with van der Waals surface area (Å²) in [6, 6.07) is 9.84. The van der Waals surface area contributed by atoms with E-state index in [-0.39, 0.29) is 0 Å². The van der Waals surface area contributed by atoms with E-state index >= 15 is 0 Å². The molecular weight excluding hydrogens is 194 g/mol. The van der Waals surface area contributed by atoms with Crippen LogP contribution in [0.1, 0.15) is 12.5 Å². The zero-order valence-corrected chi connectivity index (χ0v) is 8.84. The smallest absolute Gasteiger partial charge is 0.186 e. The van der Waals surface area contributed by atoms with Crippen LogP contribution in [0.25, 0.3) is 0 Å². The molecule has 0 spiro atoms. The summed E-state index contributed by atoms with van der Waals surface area (Å²) in [7, 11) is 0. The van der Waals surface area contributed by atoms with E-state index in [0.29, 0.717) is 5.11 Å². The van der Waals surface area contributed by atoms with Crippen LogP contribution >= 0.6 is 12.2 Å². The van der Waals surface area contributed by atoms with Gasteiger partial charge in [-0.3, -0.25) is 5.43 Å². The number of rotatable bonds is 3. The first-order valence-electron chi connectivity index (χ1n) is 4.45. The molecule has 0 bridgehead atoms. The molecule has 0 heterocycles. The van der Waals surface area contributed by atoms with Gasteiger partial charge in [-0.15, -0.1) is 0 Å². The molecule has 0 atom stereocenters. The zero-order chi connectivity index (χ0) is 10.2. The van der Waals surface area contributed by atoms with Crippen molar-refractivity contribution in [2.45, 2.75) is 6.92 Å². The predicted octanol–water partition coefficient (Wildman–Crippen LogP) is 1.50. The van der Waals surface area contributed by atoms with E-state index in [1.165, 1.54) is 0 Å². The molecule has 1 aromatic carbocycles. The lowest BCUT2D eigenvalue weighted by molar-refractivity contribution is 0.904. The van der Waals surface area contributed by atoms with Crippen molar-refractivity contribution in [1.82, 2.24) is 10.7 Å². The summed E-state index contributed by atoms with van der Waals surface area (Å²) in [4.78, 5) is 0. The Kier molecular flexibility index (Phi) is 4.64. The summed E-state index contributed by atoms with van der Waals surface area (Å²) in [5.41, 5.74) is 3.76. The molecule has 0 aliphatic heterocycles. The molecule has 74 valence electrons. The van der Waals surface area contributed by atoms with E-state index in [1.54, 1.807) is 6.21 Å². The quantitative estimate of drug-likeness (QED) is 0.448. The lowest BCUT2D eigenvalue weighted by Crippen LogP contribution is -2.31. The first kappa shape index (κ1) is 10.7. The third-order valence-electron chi connectivity index (χ3n) is 1.52. The average molecular weight is 207 g/mol. The SMILES string of the molecule is CCNC(=S)N/N=C/c1ccccc1. The Labute approximate surface area is 89.2 Å². The van der Waals surface area contributed by atoms with E-state index in [1.807, 2.05) is 37.3 Å². The van der Waals surface area contributed by atoms with Crippen LogP contribution in [-0.2, 0) is 0 Å². The molecule has 4 heteroatoms. The highest BCUT2D eigenvalue weighted by atomic mass is 32.1. The molecule has 0 aromatic heterocycles. The van der Waals surface area contributed by atoms with Crippen molar-refractivity contribution in [3.05, 3.63) is 35.9 Å². The molecule has 0 unspecified atom stereocenters. The fourth-order valence-corrected chi connectivity index (χ4v) is 1.10. The molecule has 0 radical (unpaired) electrons. The van der Waals surface area contributed by atoms with Crippen LogP contribution in [0.5, 0.6) is 0 Å². The molecule has 0 saturated heterocycles. The largest absolute Gasteiger partial charge is 0.362 e. The van der Waals surface area contributed by atoms with Crippen molar-refractivity contribution in [2.24, 2.45) is 5.10 Å². The highest BCUT2D eigenvalue weighted by molar-refractivity contribution is 7.80. The average Bonchev–Trinajstić information content (AvgIpc) is 2.20. The Balaban J connectivity index is 2.38. The van der Waals surface area contributed by atoms with Gasteiger partial charge in [-0.1, -0.05) is 30.3 Å². The van der Waals surface area contributed by atoms with Crippen molar-refractivity contribution in [1.29, 1.82) is 0 Å². The Hall–Kier alpha value is -1.42. The second-order valence-corrected chi connectivity index (χ2v) is 3.05. The normalized spacial score (nSPS) is 10.1. The minimum Gasteiger partial charge on any atom is -0.362 e. The van der Waals surface area contributed by atoms with E-state index in [4.69, 9.17) is 12.2 Å². The summed E-state index contributed by atoms with van der Waals surface area (Å²) >= 11 is 4.93. The van der Waals surface area contributed by atoms with Gasteiger partial charge in [0.05, 0.1) is 6.21 Å². The monoisotopic (exact) mass is 207 g/mol. The third-order valence-corrected chi connectivity index (χ3v) is 1.75. The fourth-order valence-electron chi connectivity index (χ4n) is 0.905. The lowest BCUT2D eigenvalue weighted by Gasteiger charge is -2.02. The van der Waals surface area contributed by atoms with E-state index in [9.17, 15) is 0 Å². The molecule has 0 fully saturated rings. The summed E-state index contributed by atoms with van der Waals surface area (Å²) in [6.07, 6.45) is 1.73. The Morgan fingerprint density at radius 3 is 2.79 bits per heavy atom. The Morgan fingerprint density at radius 2 is 2.14 bits per heavy atom. The maximum Gasteiger partial charge on any atom is 0.186 e. The van der Waals surface area contributed by atoms with Crippen LogP contribution in [0.4, 0.5) is 0 Å². The fraction of sp³-hybridized carbons (Fsp3) is 0.200. The molecule has 0 amide bonds. The highest BCUT2D eigenvalue weighted by Gasteiger charge is 1.87. The minimum absolute atomic E-state index is 0.541. The number of hydrazone groups is 1. The second kappa shape index (κ2) is 6.10. The summed E-state index contributed by atoms with van der Waals surface area (Å²) in [5, 5.41) is 7.46. The number of nitrogens with zero attached hydrogens (tertiary/aromatic N) is 1. The molecular formula is C10H13N3S. The predicted molar refractivity (Wildman–Crippen MR) is 63.4 cm³/mol. The number of hydrogen-bond donors (Lipinski definition) is 2. The van der Waals surface area contributed by atoms with Gasteiger partial charge in [0.15, 0.2) is 5.11 Å². The molecule has 1 rings (SSSR count). The second-order valence-electron chi connectivity index (χ2n) is 2.64. The third kappa shape index (κ3) is 4.00. The first-order chi connectivity index (χ1) is 6.83. The van der Waals surface area contributed by atoms with Crippen molar-refractivity contribution >= 4 is 23.5 Å². The number of nitrogens with one attached hydrogen (secondary N) is 2. The molecule has 0 saturated carbocycles. The number of hydrogen-bond acceptors (Lipinski definition) is 2. The van der Waals surface area contributed by atoms with E-state index in [0.717, 1.165) is 12.1 Å². The van der Waals surface area contributed by atoms with Crippen LogP contribution in [0.3, 0.4) is 0 Å². The molecule has 2 N–H and O–H groups in total. The summed E-state index contributed by atoms with van der Waals surface area (Å²) < 4.78 is 0. The van der Waals surface area contributed by atoms with Crippen molar-refractivity contribution in [2.75, 3.05) is 6.54 Å². The van der Waals surface area contributed by atoms with Crippen LogP contribution in [0, 0.1) is 0 Å². The van der Waals surface area contributed by atoms with Gasteiger partial charge in [-0.25, -0.2) is 0 Å². The first-order valence-corrected chi connectivity index (χ1v) is 4.85. The maximum absolute atomic E-state index is 4.93. The van der Waals surface area contributed by atoms with Gasteiger partial charge >= 0.3 is 0 Å². The van der Waals surface area contributed by atoms with Crippen LogP contribution in [0.2, 0.25) is 0 Å². The molecule has 0 aliphatic rings. The standard InChI is InChI=1S/C10H13N3S/c1-2-11-10(14)13-12-8-9-6-4-3-5-7-9/h3-8H,2H2,1H3,(H2,11,13,14)/b12-8+. The Bertz CT molecular complexity index is 308. The lowest BCUT2D eigenvalue weighted by atomic mass is 10.2. The van der Waals surface area contributed by atoms with Gasteiger partial charge in [0, 0.05) is 6.54 Å².